The van der Waals surface area contributed by atoms with Gasteiger partial charge in [0.2, 0.25) is 11.8 Å². The Hall–Kier alpha value is -6.92. The Labute approximate surface area is 431 Å². The fraction of sp³-hybridized carbons (Fsp3) is 0.321. The number of aliphatic carboxylic acids is 1. The van der Waals surface area contributed by atoms with Crippen LogP contribution in [0.15, 0.2) is 97.3 Å². The first kappa shape index (κ1) is 56.0. The molecule has 16 heteroatoms. The Kier molecular flexibility index (Phi) is 19.4. The number of aryl methyl sites for hydroxylation is 4. The van der Waals surface area contributed by atoms with E-state index in [9.17, 15) is 33.1 Å². The van der Waals surface area contributed by atoms with Gasteiger partial charge in [0.15, 0.2) is 0 Å². The monoisotopic (exact) mass is 976 g/mol. The summed E-state index contributed by atoms with van der Waals surface area (Å²) >= 11 is 0. The topological polar surface area (TPSA) is 178 Å². The number of carbonyl (C=O) groups excluding carboxylic acids is 3. The first-order chi connectivity index (χ1) is 33.6. The summed E-state index contributed by atoms with van der Waals surface area (Å²) in [7, 11) is 3.10. The van der Waals surface area contributed by atoms with Crippen LogP contribution in [-0.2, 0) is 40.3 Å². The standard InChI is InChI=1S/C29H31FN2O4.C27H27FN2O4.Li.H2O/c1-5-36-28(33)15-23(25-16-31-27(35-4)13-19(25)3)21-8-7-20-10-11-32(17-22(20)14-21)29(34)24-12-18(2)6-9-26(24)30;1-16-4-7-24(28)22(10-16)27(33)30-9-8-18-5-6-19(12-20(18)15-30)21(13-26(31)32)23-14-29-25(34-3)11-17(23)2;;/h6-9,12-14,16,23H,5,10-11,15,17H2,1-4H3;4-7,10-12,14,21H,8-9,13,15H2,1-3H3,(H,31,32);;1H2/q;;+1;/p-1/t23-;21-;;/m00../s1. The number of aromatic nitrogens is 2. The van der Waals surface area contributed by atoms with Crippen LogP contribution >= 0.6 is 0 Å². The molecule has 2 aromatic heterocycles. The summed E-state index contributed by atoms with van der Waals surface area (Å²) in [4.78, 5) is 62.4. The third-order valence-electron chi connectivity index (χ3n) is 13.0. The van der Waals surface area contributed by atoms with Crippen LogP contribution in [0.1, 0.15) is 119 Å². The maximum atomic E-state index is 14.4. The van der Waals surface area contributed by atoms with Gasteiger partial charge < -0.3 is 34.6 Å². The van der Waals surface area contributed by atoms with Gasteiger partial charge in [-0.15, -0.1) is 0 Å². The van der Waals surface area contributed by atoms with Crippen molar-refractivity contribution in [2.75, 3.05) is 33.9 Å². The molecule has 0 unspecified atom stereocenters. The van der Waals surface area contributed by atoms with Crippen LogP contribution in [0.3, 0.4) is 0 Å². The number of carboxylic acid groups (broad SMARTS) is 1. The minimum absolute atomic E-state index is 0. The van der Waals surface area contributed by atoms with Crippen molar-refractivity contribution in [1.82, 2.24) is 19.8 Å². The van der Waals surface area contributed by atoms with Gasteiger partial charge >= 0.3 is 30.8 Å². The molecule has 0 aliphatic carbocycles. The quantitative estimate of drug-likeness (QED) is 0.0973. The number of amides is 2. The SMILES string of the molecule is CCOC(=O)C[C@@H](c1ccc2c(c1)CN(C(=O)c1cc(C)ccc1F)CC2)c1cnc(OC)cc1C.COc1cc(C)c([C@@H](CC(=O)O)c2ccc3c(c2)CN(C(=O)c2cc(C)ccc2F)CC3)cn1.[Li+].[OH-]. The molecular weight excluding hydrogens is 918 g/mol. The fourth-order valence-electron chi connectivity index (χ4n) is 9.29. The van der Waals surface area contributed by atoms with Crippen LogP contribution < -0.4 is 28.3 Å². The molecule has 0 radical (unpaired) electrons. The molecule has 372 valence electrons. The first-order valence-corrected chi connectivity index (χ1v) is 23.3. The van der Waals surface area contributed by atoms with Crippen molar-refractivity contribution in [3.05, 3.63) is 187 Å². The Bertz CT molecular complexity index is 2950. The Morgan fingerprint density at radius 1 is 0.625 bits per heavy atom. The summed E-state index contributed by atoms with van der Waals surface area (Å²) in [5, 5.41) is 9.59. The first-order valence-electron chi connectivity index (χ1n) is 23.3. The predicted molar refractivity (Wildman–Crippen MR) is 262 cm³/mol. The molecule has 2 atom stereocenters. The van der Waals surface area contributed by atoms with Gasteiger partial charge in [0.1, 0.15) is 11.6 Å². The number of fused-ring (bicyclic) bond motifs is 2. The average molecular weight is 977 g/mol. The van der Waals surface area contributed by atoms with Crippen LogP contribution in [-0.4, -0.2) is 88.0 Å². The average Bonchev–Trinajstić information content (AvgIpc) is 3.35. The van der Waals surface area contributed by atoms with Crippen molar-refractivity contribution in [2.24, 2.45) is 0 Å². The summed E-state index contributed by atoms with van der Waals surface area (Å²) in [6.45, 7) is 11.4. The second-order valence-electron chi connectivity index (χ2n) is 17.9. The predicted octanol–water partition coefficient (Wildman–Crippen LogP) is 6.61. The maximum Gasteiger partial charge on any atom is 1.00 e. The van der Waals surface area contributed by atoms with Crippen LogP contribution in [0.2, 0.25) is 0 Å². The molecule has 8 rings (SSSR count). The Morgan fingerprint density at radius 3 is 1.44 bits per heavy atom. The smallest absolute Gasteiger partial charge is 0.870 e. The minimum atomic E-state index is -0.912. The summed E-state index contributed by atoms with van der Waals surface area (Å²) in [5.74, 6) is -2.59. The number of hydrogen-bond acceptors (Lipinski definition) is 10. The van der Waals surface area contributed by atoms with Crippen molar-refractivity contribution in [3.8, 4) is 11.8 Å². The van der Waals surface area contributed by atoms with Gasteiger partial charge in [-0.25, -0.2) is 18.7 Å². The zero-order chi connectivity index (χ0) is 50.2. The summed E-state index contributed by atoms with van der Waals surface area (Å²) in [6, 6.07) is 24.8. The second-order valence-corrected chi connectivity index (χ2v) is 17.9. The van der Waals surface area contributed by atoms with Gasteiger partial charge in [-0.2, -0.15) is 0 Å². The molecule has 4 heterocycles. The van der Waals surface area contributed by atoms with Gasteiger partial charge in [-0.3, -0.25) is 19.2 Å². The molecule has 13 nitrogen and oxygen atoms in total. The zero-order valence-corrected chi connectivity index (χ0v) is 42.1. The van der Waals surface area contributed by atoms with Crippen molar-refractivity contribution in [2.45, 2.75) is 85.2 Å². The second kappa shape index (κ2) is 25.0. The summed E-state index contributed by atoms with van der Waals surface area (Å²) in [5.41, 5.74) is 11.4. The Balaban J connectivity index is 0.000000261. The number of carbonyl (C=O) groups is 4. The largest absolute Gasteiger partial charge is 1.00 e. The van der Waals surface area contributed by atoms with Gasteiger partial charge in [-0.1, -0.05) is 59.7 Å². The number of nitrogens with zero attached hydrogens (tertiary/aromatic N) is 4. The van der Waals surface area contributed by atoms with Crippen molar-refractivity contribution >= 4 is 23.8 Å². The number of methoxy groups -OCH3 is 2. The van der Waals surface area contributed by atoms with Crippen molar-refractivity contribution in [3.63, 3.8) is 0 Å². The molecule has 72 heavy (non-hydrogen) atoms. The van der Waals surface area contributed by atoms with Crippen LogP contribution in [0, 0.1) is 39.3 Å². The number of benzene rings is 4. The Morgan fingerprint density at radius 2 is 1.06 bits per heavy atom. The number of hydrogen-bond donors (Lipinski definition) is 1. The number of ether oxygens (including phenoxy) is 3. The van der Waals surface area contributed by atoms with Gasteiger partial charge in [0.05, 0.1) is 44.8 Å². The molecule has 2 aliphatic rings. The van der Waals surface area contributed by atoms with Crippen molar-refractivity contribution in [1.29, 1.82) is 0 Å². The molecule has 0 saturated heterocycles. The zero-order valence-electron chi connectivity index (χ0n) is 42.1. The molecule has 2 amide bonds. The van der Waals surface area contributed by atoms with E-state index >= 15 is 0 Å². The molecule has 0 saturated carbocycles. The number of rotatable bonds is 13. The molecule has 0 bridgehead atoms. The van der Waals surface area contributed by atoms with E-state index in [0.717, 1.165) is 66.8 Å². The summed E-state index contributed by atoms with van der Waals surface area (Å²) in [6.07, 6.45) is 4.82. The third kappa shape index (κ3) is 13.1. The van der Waals surface area contributed by atoms with E-state index in [4.69, 9.17) is 14.2 Å². The maximum absolute atomic E-state index is 14.4. The van der Waals surface area contributed by atoms with E-state index in [-0.39, 0.29) is 72.0 Å². The van der Waals surface area contributed by atoms with Gasteiger partial charge in [0.25, 0.3) is 11.8 Å². The summed E-state index contributed by atoms with van der Waals surface area (Å²) < 4.78 is 44.4. The number of carboxylic acids is 1. The van der Waals surface area contributed by atoms with E-state index in [2.05, 4.69) is 22.1 Å². The van der Waals surface area contributed by atoms with Gasteiger partial charge in [0, 0.05) is 62.5 Å². The van der Waals surface area contributed by atoms with Crippen LogP contribution in [0.4, 0.5) is 8.78 Å². The van der Waals surface area contributed by atoms with Crippen LogP contribution in [0.5, 0.6) is 11.8 Å². The number of halogens is 2. The number of pyridine rings is 2. The molecule has 4 aromatic carbocycles. The van der Waals surface area contributed by atoms with Crippen molar-refractivity contribution < 1.29 is 71.6 Å². The van der Waals surface area contributed by atoms with E-state index in [0.29, 0.717) is 57.4 Å². The van der Waals surface area contributed by atoms with E-state index in [1.54, 1.807) is 66.6 Å². The molecule has 2 N–H and O–H groups in total. The normalized spacial score (nSPS) is 13.3. The van der Waals surface area contributed by atoms with Crippen LogP contribution in [0.25, 0.3) is 0 Å². The molecule has 0 fully saturated rings. The minimum Gasteiger partial charge on any atom is -0.870 e. The van der Waals surface area contributed by atoms with E-state index in [1.807, 2.05) is 58.0 Å². The van der Waals surface area contributed by atoms with Gasteiger partial charge in [-0.05, 0) is 127 Å². The third-order valence-corrected chi connectivity index (χ3v) is 13.0. The molecule has 0 spiro atoms. The molecule has 6 aromatic rings. The number of esters is 1. The van der Waals surface area contributed by atoms with E-state index in [1.165, 1.54) is 19.2 Å². The fourth-order valence-corrected chi connectivity index (χ4v) is 9.29. The molecule has 2 aliphatic heterocycles. The molecular formula is C56H59F2LiN4O9. The van der Waals surface area contributed by atoms with E-state index < -0.39 is 23.5 Å².